The molecule has 0 unspecified atom stereocenters. The Kier molecular flexibility index (Phi) is 7.35. The highest BCUT2D eigenvalue weighted by molar-refractivity contribution is 5.83. The second-order valence-corrected chi connectivity index (χ2v) is 4.73. The molecule has 0 heterocycles. The van der Waals surface area contributed by atoms with Crippen molar-refractivity contribution >= 4 is 11.9 Å². The molecule has 20 heavy (non-hydrogen) atoms. The average Bonchev–Trinajstić information content (AvgIpc) is 2.45. The van der Waals surface area contributed by atoms with Gasteiger partial charge in [-0.25, -0.2) is 4.79 Å². The largest absolute Gasteiger partial charge is 0.480 e. The van der Waals surface area contributed by atoms with E-state index >= 15 is 0 Å². The van der Waals surface area contributed by atoms with E-state index in [2.05, 4.69) is 5.32 Å². The summed E-state index contributed by atoms with van der Waals surface area (Å²) >= 11 is 0. The zero-order valence-electron chi connectivity index (χ0n) is 11.5. The van der Waals surface area contributed by atoms with Crippen molar-refractivity contribution in [2.45, 2.75) is 38.1 Å². The number of carbonyl (C=O) groups excluding carboxylic acids is 1. The third-order valence-corrected chi connectivity index (χ3v) is 3.06. The molecule has 0 saturated carbocycles. The van der Waals surface area contributed by atoms with Crippen molar-refractivity contribution in [3.8, 4) is 0 Å². The molecule has 0 aromatic heterocycles. The van der Waals surface area contributed by atoms with Gasteiger partial charge in [-0.3, -0.25) is 4.79 Å². The van der Waals surface area contributed by atoms with Crippen molar-refractivity contribution < 1.29 is 14.7 Å². The first kappa shape index (κ1) is 16.2. The first-order chi connectivity index (χ1) is 9.63. The summed E-state index contributed by atoms with van der Waals surface area (Å²) in [5.41, 5.74) is 6.44. The highest BCUT2D eigenvalue weighted by Gasteiger charge is 2.18. The molecule has 0 spiro atoms. The lowest BCUT2D eigenvalue weighted by molar-refractivity contribution is -0.142. The molecule has 1 aromatic rings. The van der Waals surface area contributed by atoms with E-state index in [9.17, 15) is 9.59 Å². The molecule has 5 nitrogen and oxygen atoms in total. The van der Waals surface area contributed by atoms with E-state index in [0.717, 1.165) is 12.0 Å². The molecular formula is C15H22N2O3. The average molecular weight is 278 g/mol. The lowest BCUT2D eigenvalue weighted by Gasteiger charge is -2.14. The predicted molar refractivity (Wildman–Crippen MR) is 77.2 cm³/mol. The Labute approximate surface area is 119 Å². The molecule has 0 aliphatic heterocycles. The fourth-order valence-electron chi connectivity index (χ4n) is 1.92. The molecule has 0 radical (unpaired) electrons. The van der Waals surface area contributed by atoms with Crippen LogP contribution in [0.25, 0.3) is 0 Å². The molecule has 4 N–H and O–H groups in total. The quantitative estimate of drug-likeness (QED) is 0.594. The van der Waals surface area contributed by atoms with Gasteiger partial charge in [0.2, 0.25) is 5.91 Å². The maximum absolute atomic E-state index is 11.8. The standard InChI is InChI=1S/C15H22N2O3/c16-11-5-4-8-13(15(19)20)17-14(18)10-9-12-6-2-1-3-7-12/h1-3,6-7,13H,4-5,8-11,16H2,(H,17,18)(H,19,20)/t13-/m0/s1. The smallest absolute Gasteiger partial charge is 0.326 e. The number of nitrogens with two attached hydrogens (primary N) is 1. The minimum Gasteiger partial charge on any atom is -0.480 e. The van der Waals surface area contributed by atoms with Crippen LogP contribution in [0.5, 0.6) is 0 Å². The van der Waals surface area contributed by atoms with Crippen LogP contribution >= 0.6 is 0 Å². The molecule has 1 atom stereocenters. The van der Waals surface area contributed by atoms with Gasteiger partial charge in [-0.05, 0) is 37.8 Å². The first-order valence-corrected chi connectivity index (χ1v) is 6.89. The van der Waals surface area contributed by atoms with Crippen LogP contribution in [0.4, 0.5) is 0 Å². The molecule has 0 bridgehead atoms. The lowest BCUT2D eigenvalue weighted by Crippen LogP contribution is -2.40. The molecule has 1 rings (SSSR count). The van der Waals surface area contributed by atoms with Gasteiger partial charge in [0.05, 0.1) is 0 Å². The Morgan fingerprint density at radius 1 is 1.20 bits per heavy atom. The molecule has 5 heteroatoms. The summed E-state index contributed by atoms with van der Waals surface area (Å²) in [4.78, 5) is 22.8. The highest BCUT2D eigenvalue weighted by Crippen LogP contribution is 2.04. The van der Waals surface area contributed by atoms with Gasteiger partial charge in [-0.15, -0.1) is 0 Å². The predicted octanol–water partition coefficient (Wildman–Crippen LogP) is 1.32. The summed E-state index contributed by atoms with van der Waals surface area (Å²) in [5, 5.41) is 11.6. The van der Waals surface area contributed by atoms with Crippen LogP contribution < -0.4 is 11.1 Å². The zero-order valence-corrected chi connectivity index (χ0v) is 11.5. The molecular weight excluding hydrogens is 256 g/mol. The summed E-state index contributed by atoms with van der Waals surface area (Å²) in [5.74, 6) is -1.22. The number of carboxylic acid groups (broad SMARTS) is 1. The summed E-state index contributed by atoms with van der Waals surface area (Å²) in [6, 6.07) is 8.83. The van der Waals surface area contributed by atoms with E-state index in [-0.39, 0.29) is 5.91 Å². The Morgan fingerprint density at radius 2 is 1.90 bits per heavy atom. The monoisotopic (exact) mass is 278 g/mol. The molecule has 1 aromatic carbocycles. The van der Waals surface area contributed by atoms with E-state index in [1.807, 2.05) is 30.3 Å². The van der Waals surface area contributed by atoms with Gasteiger partial charge in [0, 0.05) is 6.42 Å². The van der Waals surface area contributed by atoms with Crippen LogP contribution in [0.1, 0.15) is 31.2 Å². The van der Waals surface area contributed by atoms with Gasteiger partial charge >= 0.3 is 5.97 Å². The summed E-state index contributed by atoms with van der Waals surface area (Å²) in [6.07, 6.45) is 2.80. The number of benzene rings is 1. The minimum atomic E-state index is -0.991. The van der Waals surface area contributed by atoms with Crippen molar-refractivity contribution in [1.29, 1.82) is 0 Å². The third kappa shape index (κ3) is 6.33. The second kappa shape index (κ2) is 9.09. The fraction of sp³-hybridized carbons (Fsp3) is 0.467. The molecule has 0 aliphatic rings. The number of carbonyl (C=O) groups is 2. The Hall–Kier alpha value is -1.88. The number of nitrogens with one attached hydrogen (secondary N) is 1. The van der Waals surface area contributed by atoms with Crippen LogP contribution in [0, 0.1) is 0 Å². The second-order valence-electron chi connectivity index (χ2n) is 4.73. The Morgan fingerprint density at radius 3 is 2.50 bits per heavy atom. The molecule has 1 amide bonds. The maximum atomic E-state index is 11.8. The Bertz CT molecular complexity index is 420. The first-order valence-electron chi connectivity index (χ1n) is 6.89. The summed E-state index contributed by atoms with van der Waals surface area (Å²) in [7, 11) is 0. The third-order valence-electron chi connectivity index (χ3n) is 3.06. The van der Waals surface area contributed by atoms with E-state index in [4.69, 9.17) is 10.8 Å². The summed E-state index contributed by atoms with van der Waals surface area (Å²) in [6.45, 7) is 0.536. The number of carboxylic acids is 1. The molecule has 0 saturated heterocycles. The number of hydrogen-bond donors (Lipinski definition) is 3. The van der Waals surface area contributed by atoms with Crippen molar-refractivity contribution in [1.82, 2.24) is 5.32 Å². The SMILES string of the molecule is NCCCC[C@H](NC(=O)CCc1ccccc1)C(=O)O. The van der Waals surface area contributed by atoms with Gasteiger partial charge in [-0.1, -0.05) is 30.3 Å². The molecule has 110 valence electrons. The van der Waals surface area contributed by atoms with Crippen LogP contribution in [-0.2, 0) is 16.0 Å². The van der Waals surface area contributed by atoms with Gasteiger partial charge < -0.3 is 16.2 Å². The highest BCUT2D eigenvalue weighted by atomic mass is 16.4. The molecule has 0 aliphatic carbocycles. The van der Waals surface area contributed by atoms with Gasteiger partial charge in [-0.2, -0.15) is 0 Å². The van der Waals surface area contributed by atoms with Crippen molar-refractivity contribution in [2.75, 3.05) is 6.54 Å². The van der Waals surface area contributed by atoms with Crippen molar-refractivity contribution in [3.63, 3.8) is 0 Å². The molecule has 0 fully saturated rings. The van der Waals surface area contributed by atoms with Crippen LogP contribution in [0.2, 0.25) is 0 Å². The van der Waals surface area contributed by atoms with Crippen LogP contribution in [0.3, 0.4) is 0 Å². The van der Waals surface area contributed by atoms with Crippen LogP contribution in [-0.4, -0.2) is 29.6 Å². The topological polar surface area (TPSA) is 92.4 Å². The van der Waals surface area contributed by atoms with Crippen LogP contribution in [0.15, 0.2) is 30.3 Å². The van der Waals surface area contributed by atoms with E-state index in [1.54, 1.807) is 0 Å². The van der Waals surface area contributed by atoms with Crippen molar-refractivity contribution in [2.24, 2.45) is 5.73 Å². The lowest BCUT2D eigenvalue weighted by atomic mass is 10.1. The maximum Gasteiger partial charge on any atom is 0.326 e. The number of amides is 1. The number of aliphatic carboxylic acids is 1. The normalized spacial score (nSPS) is 11.8. The zero-order chi connectivity index (χ0) is 14.8. The van der Waals surface area contributed by atoms with Gasteiger partial charge in [0.15, 0.2) is 0 Å². The minimum absolute atomic E-state index is 0.228. The van der Waals surface area contributed by atoms with Crippen molar-refractivity contribution in [3.05, 3.63) is 35.9 Å². The number of hydrogen-bond acceptors (Lipinski definition) is 3. The van der Waals surface area contributed by atoms with Gasteiger partial charge in [0.1, 0.15) is 6.04 Å². The van der Waals surface area contributed by atoms with Gasteiger partial charge in [0.25, 0.3) is 0 Å². The van der Waals surface area contributed by atoms with E-state index in [1.165, 1.54) is 0 Å². The number of rotatable bonds is 9. The fourth-order valence-corrected chi connectivity index (χ4v) is 1.92. The number of aryl methyl sites for hydroxylation is 1. The number of unbranched alkanes of at least 4 members (excludes halogenated alkanes) is 1. The van der Waals surface area contributed by atoms with E-state index in [0.29, 0.717) is 32.2 Å². The summed E-state index contributed by atoms with van der Waals surface area (Å²) < 4.78 is 0. The Balaban J connectivity index is 2.36. The van der Waals surface area contributed by atoms with E-state index < -0.39 is 12.0 Å².